The van der Waals surface area contributed by atoms with Crippen LogP contribution in [0.1, 0.15) is 40.1 Å². The Hall–Kier alpha value is -4.19. The molecule has 2 aromatic heterocycles. The van der Waals surface area contributed by atoms with Gasteiger partial charge < -0.3 is 9.73 Å². The van der Waals surface area contributed by atoms with E-state index in [1.165, 1.54) is 12.1 Å². The lowest BCUT2D eigenvalue weighted by atomic mass is 9.98. The van der Waals surface area contributed by atoms with Crippen LogP contribution in [-0.2, 0) is 10.0 Å². The van der Waals surface area contributed by atoms with Gasteiger partial charge in [0, 0.05) is 22.9 Å². The number of aryl methyl sites for hydroxylation is 1. The quantitative estimate of drug-likeness (QED) is 0.341. The van der Waals surface area contributed by atoms with E-state index in [2.05, 4.69) is 10.3 Å². The second-order valence-corrected chi connectivity index (χ2v) is 10.3. The first-order valence-electron chi connectivity index (χ1n) is 11.3. The number of carbonyl (C=O) groups excluding carboxylic acids is 1. The number of rotatable bonds is 6. The summed E-state index contributed by atoms with van der Waals surface area (Å²) in [7, 11) is -5.93. The van der Waals surface area contributed by atoms with Crippen molar-refractivity contribution < 1.29 is 30.8 Å². The molecule has 1 atom stereocenters. The largest absolute Gasteiger partial charge is 0.516 e. The lowest BCUT2D eigenvalue weighted by Gasteiger charge is -2.20. The number of benzene rings is 2. The molecule has 38 heavy (non-hydrogen) atoms. The topological polar surface area (TPSA) is 118 Å². The maximum Gasteiger partial charge on any atom is 0.516 e. The van der Waals surface area contributed by atoms with Crippen molar-refractivity contribution in [3.8, 4) is 11.3 Å². The molecule has 0 aliphatic carbocycles. The van der Waals surface area contributed by atoms with Crippen molar-refractivity contribution in [2.75, 3.05) is 5.32 Å². The molecule has 2 heterocycles. The lowest BCUT2D eigenvalue weighted by molar-refractivity contribution is -0.0446. The fraction of sp³-hybridized carbons (Fsp3) is 0.192. The van der Waals surface area contributed by atoms with Gasteiger partial charge in [-0.15, -0.1) is 0 Å². The molecule has 0 bridgehead atoms. The minimum atomic E-state index is -5.93. The number of nitrogens with zero attached hydrogens (tertiary/aromatic N) is 1. The number of carbonyl (C=O) groups is 1. The predicted octanol–water partition coefficient (Wildman–Crippen LogP) is 5.22. The van der Waals surface area contributed by atoms with E-state index in [9.17, 15) is 31.2 Å². The van der Waals surface area contributed by atoms with Crippen LogP contribution in [0.5, 0.6) is 0 Å². The van der Waals surface area contributed by atoms with Crippen molar-refractivity contribution in [2.45, 2.75) is 32.3 Å². The summed E-state index contributed by atoms with van der Waals surface area (Å²) in [6.07, 6.45) is 1.14. The molecule has 2 aromatic carbocycles. The molecule has 0 radical (unpaired) electrons. The normalized spacial score (nSPS) is 12.8. The Balaban J connectivity index is 1.78. The van der Waals surface area contributed by atoms with Gasteiger partial charge in [-0.1, -0.05) is 36.4 Å². The molecule has 0 saturated heterocycles. The minimum Gasteiger partial charge on any atom is -0.455 e. The third kappa shape index (κ3) is 5.12. The maximum atomic E-state index is 13.3. The van der Waals surface area contributed by atoms with E-state index in [-0.39, 0.29) is 11.1 Å². The van der Waals surface area contributed by atoms with Gasteiger partial charge in [-0.2, -0.15) is 21.6 Å². The number of alkyl halides is 3. The molecule has 1 amide bonds. The van der Waals surface area contributed by atoms with Crippen LogP contribution in [0.15, 0.2) is 70.0 Å². The van der Waals surface area contributed by atoms with Gasteiger partial charge in [-0.05, 0) is 44.5 Å². The van der Waals surface area contributed by atoms with Gasteiger partial charge in [0.25, 0.3) is 5.91 Å². The fourth-order valence-corrected chi connectivity index (χ4v) is 4.45. The Morgan fingerprint density at radius 3 is 2.39 bits per heavy atom. The Labute approximate surface area is 215 Å². The van der Waals surface area contributed by atoms with Crippen molar-refractivity contribution in [3.05, 3.63) is 93.4 Å². The molecular formula is C26H22F3N3O5S. The molecule has 0 unspecified atom stereocenters. The second kappa shape index (κ2) is 9.93. The van der Waals surface area contributed by atoms with E-state index in [0.29, 0.717) is 33.4 Å². The van der Waals surface area contributed by atoms with Crippen LogP contribution in [0, 0.1) is 13.8 Å². The summed E-state index contributed by atoms with van der Waals surface area (Å²) in [4.78, 5) is 29.5. The molecule has 0 fully saturated rings. The van der Waals surface area contributed by atoms with Crippen LogP contribution in [0.4, 0.5) is 18.9 Å². The van der Waals surface area contributed by atoms with E-state index in [0.717, 1.165) is 16.5 Å². The molecule has 0 saturated carbocycles. The maximum absolute atomic E-state index is 13.3. The zero-order chi connectivity index (χ0) is 27.8. The number of pyridine rings is 1. The first-order chi connectivity index (χ1) is 17.8. The molecule has 0 aliphatic rings. The average molecular weight is 546 g/mol. The summed E-state index contributed by atoms with van der Waals surface area (Å²) < 4.78 is 68.4. The summed E-state index contributed by atoms with van der Waals surface area (Å²) in [5.41, 5.74) is -3.78. The SMILES string of the molecule is Cc1cc([C@@H](C)Nc2cccnc2C(=O)NS(=O)(=O)C(F)(F)F)c2oc(-c3ccccc3)c(C)c(=O)c2c1. The molecule has 12 heteroatoms. The Bertz CT molecular complexity index is 1700. The number of aromatic nitrogens is 1. The first kappa shape index (κ1) is 26.9. The Kier molecular flexibility index (Phi) is 7.02. The zero-order valence-corrected chi connectivity index (χ0v) is 21.2. The monoisotopic (exact) mass is 545 g/mol. The summed E-state index contributed by atoms with van der Waals surface area (Å²) in [5, 5.41) is 3.32. The van der Waals surface area contributed by atoms with Crippen LogP contribution in [0.3, 0.4) is 0 Å². The number of nitrogens with one attached hydrogen (secondary N) is 2. The van der Waals surface area contributed by atoms with Crippen LogP contribution in [0.25, 0.3) is 22.3 Å². The summed E-state index contributed by atoms with van der Waals surface area (Å²) in [6.45, 7) is 5.16. The van der Waals surface area contributed by atoms with Gasteiger partial charge in [0.2, 0.25) is 0 Å². The molecular weight excluding hydrogens is 523 g/mol. The predicted molar refractivity (Wildman–Crippen MR) is 136 cm³/mol. The van der Waals surface area contributed by atoms with Crippen LogP contribution < -0.4 is 15.5 Å². The number of hydrogen-bond acceptors (Lipinski definition) is 7. The molecule has 198 valence electrons. The Morgan fingerprint density at radius 1 is 1.05 bits per heavy atom. The first-order valence-corrected chi connectivity index (χ1v) is 12.8. The fourth-order valence-electron chi connectivity index (χ4n) is 4.00. The summed E-state index contributed by atoms with van der Waals surface area (Å²) in [6, 6.07) is 14.7. The molecule has 4 rings (SSSR count). The molecule has 0 aliphatic heterocycles. The number of sulfonamides is 1. The highest BCUT2D eigenvalue weighted by molar-refractivity contribution is 7.90. The highest BCUT2D eigenvalue weighted by atomic mass is 32.2. The number of amides is 1. The van der Waals surface area contributed by atoms with Gasteiger partial charge in [0.05, 0.1) is 17.1 Å². The lowest BCUT2D eigenvalue weighted by Crippen LogP contribution is -2.40. The van der Waals surface area contributed by atoms with Crippen LogP contribution in [0.2, 0.25) is 0 Å². The standard InChI is InChI=1S/C26H22F3N3O5S/c1-14-12-18(24-19(13-14)22(33)15(2)23(37-24)17-8-5-4-6-9-17)16(3)31-20-10-7-11-30-21(20)25(34)32-38(35,36)26(27,28)29/h4-13,16,31H,1-3H3,(H,32,34)/t16-/m1/s1. The van der Waals surface area contributed by atoms with E-state index >= 15 is 0 Å². The van der Waals surface area contributed by atoms with Crippen LogP contribution >= 0.6 is 0 Å². The molecule has 8 nitrogen and oxygen atoms in total. The second-order valence-electron chi connectivity index (χ2n) is 8.63. The molecule has 2 N–H and O–H groups in total. The number of hydrogen-bond donors (Lipinski definition) is 2. The van der Waals surface area contributed by atoms with E-state index in [4.69, 9.17) is 4.42 Å². The zero-order valence-electron chi connectivity index (χ0n) is 20.4. The number of halogens is 3. The van der Waals surface area contributed by atoms with E-state index < -0.39 is 33.2 Å². The molecule has 4 aromatic rings. The molecule has 0 spiro atoms. The van der Waals surface area contributed by atoms with Gasteiger partial charge >= 0.3 is 15.5 Å². The summed E-state index contributed by atoms with van der Waals surface area (Å²) >= 11 is 0. The van der Waals surface area contributed by atoms with Crippen molar-refractivity contribution >= 4 is 32.6 Å². The van der Waals surface area contributed by atoms with Crippen molar-refractivity contribution in [1.82, 2.24) is 9.71 Å². The van der Waals surface area contributed by atoms with Crippen molar-refractivity contribution in [1.29, 1.82) is 0 Å². The van der Waals surface area contributed by atoms with Gasteiger partial charge in [0.1, 0.15) is 11.3 Å². The smallest absolute Gasteiger partial charge is 0.455 e. The number of anilines is 1. The van der Waals surface area contributed by atoms with Crippen LogP contribution in [-0.4, -0.2) is 24.8 Å². The number of fused-ring (bicyclic) bond motifs is 1. The van der Waals surface area contributed by atoms with Gasteiger partial charge in [0.15, 0.2) is 11.1 Å². The Morgan fingerprint density at radius 2 is 1.74 bits per heavy atom. The average Bonchev–Trinajstić information content (AvgIpc) is 2.86. The highest BCUT2D eigenvalue weighted by Gasteiger charge is 2.47. The van der Waals surface area contributed by atoms with E-state index in [1.807, 2.05) is 30.3 Å². The van der Waals surface area contributed by atoms with Gasteiger partial charge in [-0.25, -0.2) is 9.71 Å². The summed E-state index contributed by atoms with van der Waals surface area (Å²) in [5.74, 6) is -1.17. The third-order valence-corrected chi connectivity index (χ3v) is 6.88. The van der Waals surface area contributed by atoms with Crippen molar-refractivity contribution in [2.24, 2.45) is 0 Å². The highest BCUT2D eigenvalue weighted by Crippen LogP contribution is 2.32. The minimum absolute atomic E-state index is 0.0257. The third-order valence-electron chi connectivity index (χ3n) is 5.82. The van der Waals surface area contributed by atoms with E-state index in [1.54, 1.807) is 32.9 Å². The van der Waals surface area contributed by atoms with Crippen molar-refractivity contribution in [3.63, 3.8) is 0 Å². The van der Waals surface area contributed by atoms with Gasteiger partial charge in [-0.3, -0.25) is 9.59 Å².